The minimum atomic E-state index is -0.313. The second-order valence-electron chi connectivity index (χ2n) is 2.98. The molecule has 0 aliphatic carbocycles. The Morgan fingerprint density at radius 3 is 2.71 bits per heavy atom. The van der Waals surface area contributed by atoms with Crippen LogP contribution in [0.2, 0.25) is 0 Å². The van der Waals surface area contributed by atoms with E-state index in [1.54, 1.807) is 6.92 Å². The third-order valence-electron chi connectivity index (χ3n) is 2.14. The zero-order valence-corrected chi connectivity index (χ0v) is 8.28. The predicted molar refractivity (Wildman–Crippen MR) is 54.8 cm³/mol. The van der Waals surface area contributed by atoms with Crippen LogP contribution in [0.3, 0.4) is 0 Å². The molecule has 0 aliphatic heterocycles. The van der Waals surface area contributed by atoms with Gasteiger partial charge in [-0.25, -0.2) is 0 Å². The first kappa shape index (κ1) is 10.3. The van der Waals surface area contributed by atoms with E-state index < -0.39 is 0 Å². The zero-order valence-electron chi connectivity index (χ0n) is 8.28. The molecule has 1 rings (SSSR count). The largest absolute Gasteiger partial charge is 0.469 e. The van der Waals surface area contributed by atoms with Gasteiger partial charge in [0.2, 0.25) is 0 Å². The van der Waals surface area contributed by atoms with Crippen LogP contribution in [0.5, 0.6) is 0 Å². The van der Waals surface area contributed by atoms with Crippen molar-refractivity contribution in [3.63, 3.8) is 0 Å². The van der Waals surface area contributed by atoms with Gasteiger partial charge in [-0.3, -0.25) is 4.79 Å². The maximum Gasteiger partial charge on any atom is 0.312 e. The summed E-state index contributed by atoms with van der Waals surface area (Å²) in [6, 6.07) is 7.36. The minimum Gasteiger partial charge on any atom is -0.469 e. The van der Waals surface area contributed by atoms with Crippen molar-refractivity contribution >= 4 is 5.97 Å². The van der Waals surface area contributed by atoms with Crippen LogP contribution in [0.25, 0.3) is 0 Å². The lowest BCUT2D eigenvalue weighted by Crippen LogP contribution is -2.11. The monoisotopic (exact) mass is 188 g/mol. The fourth-order valence-electron chi connectivity index (χ4n) is 1.31. The molecule has 0 saturated heterocycles. The number of rotatable bonds is 2. The molecule has 0 radical (unpaired) electrons. The normalized spacial score (nSPS) is 11.5. The van der Waals surface area contributed by atoms with Gasteiger partial charge in [-0.15, -0.1) is 6.42 Å². The van der Waals surface area contributed by atoms with Crippen LogP contribution in [-0.4, -0.2) is 13.1 Å². The third-order valence-corrected chi connectivity index (χ3v) is 2.14. The molecule has 72 valence electrons. The molecular weight excluding hydrogens is 176 g/mol. The van der Waals surface area contributed by atoms with Gasteiger partial charge in [0.05, 0.1) is 13.0 Å². The van der Waals surface area contributed by atoms with Gasteiger partial charge < -0.3 is 4.74 Å². The summed E-state index contributed by atoms with van der Waals surface area (Å²) in [7, 11) is 1.37. The van der Waals surface area contributed by atoms with Gasteiger partial charge in [-0.1, -0.05) is 24.1 Å². The first-order valence-electron chi connectivity index (χ1n) is 4.34. The fourth-order valence-corrected chi connectivity index (χ4v) is 1.31. The van der Waals surface area contributed by atoms with E-state index in [1.807, 2.05) is 24.3 Å². The molecule has 1 aromatic carbocycles. The van der Waals surface area contributed by atoms with Gasteiger partial charge in [-0.2, -0.15) is 0 Å². The number of terminal acetylenes is 1. The van der Waals surface area contributed by atoms with Gasteiger partial charge in [0, 0.05) is 5.56 Å². The van der Waals surface area contributed by atoms with Crippen LogP contribution in [0.1, 0.15) is 24.0 Å². The molecule has 0 heterocycles. The van der Waals surface area contributed by atoms with Gasteiger partial charge >= 0.3 is 5.97 Å². The molecule has 0 N–H and O–H groups in total. The molecular formula is C12H12O2. The smallest absolute Gasteiger partial charge is 0.312 e. The molecule has 2 heteroatoms. The summed E-state index contributed by atoms with van der Waals surface area (Å²) in [5.74, 6) is 1.96. The Balaban J connectivity index is 3.07. The van der Waals surface area contributed by atoms with Crippen molar-refractivity contribution in [1.82, 2.24) is 0 Å². The highest BCUT2D eigenvalue weighted by Gasteiger charge is 2.17. The molecule has 1 aromatic rings. The molecule has 0 saturated carbocycles. The van der Waals surface area contributed by atoms with Crippen molar-refractivity contribution in [2.24, 2.45) is 0 Å². The highest BCUT2D eigenvalue weighted by molar-refractivity contribution is 5.78. The molecule has 0 fully saturated rings. The Labute approximate surface area is 83.9 Å². The summed E-state index contributed by atoms with van der Waals surface area (Å²) in [4.78, 5) is 11.3. The van der Waals surface area contributed by atoms with Crippen molar-refractivity contribution in [2.75, 3.05) is 7.11 Å². The summed E-state index contributed by atoms with van der Waals surface area (Å²) >= 11 is 0. The number of benzene rings is 1. The SMILES string of the molecule is C#Cc1ccccc1C(C)C(=O)OC. The maximum absolute atomic E-state index is 11.3. The first-order valence-corrected chi connectivity index (χ1v) is 4.34. The van der Waals surface area contributed by atoms with Crippen molar-refractivity contribution in [2.45, 2.75) is 12.8 Å². The van der Waals surface area contributed by atoms with Crippen LogP contribution >= 0.6 is 0 Å². The Kier molecular flexibility index (Phi) is 3.30. The standard InChI is InChI=1S/C12H12O2/c1-4-10-7-5-6-8-11(10)9(2)12(13)14-3/h1,5-9H,2-3H3. The fraction of sp³-hybridized carbons (Fsp3) is 0.250. The van der Waals surface area contributed by atoms with E-state index in [1.165, 1.54) is 7.11 Å². The van der Waals surface area contributed by atoms with Crippen molar-refractivity contribution < 1.29 is 9.53 Å². The summed E-state index contributed by atoms with van der Waals surface area (Å²) in [5.41, 5.74) is 1.58. The first-order chi connectivity index (χ1) is 6.70. The van der Waals surface area contributed by atoms with Crippen LogP contribution in [0, 0.1) is 12.3 Å². The second-order valence-corrected chi connectivity index (χ2v) is 2.98. The van der Waals surface area contributed by atoms with E-state index in [-0.39, 0.29) is 11.9 Å². The lowest BCUT2D eigenvalue weighted by molar-refractivity contribution is -0.141. The number of esters is 1. The molecule has 0 spiro atoms. The number of methoxy groups -OCH3 is 1. The molecule has 0 bridgehead atoms. The van der Waals surface area contributed by atoms with E-state index in [2.05, 4.69) is 10.7 Å². The van der Waals surface area contributed by atoms with Crippen LogP contribution in [-0.2, 0) is 9.53 Å². The number of hydrogen-bond donors (Lipinski definition) is 0. The summed E-state index contributed by atoms with van der Waals surface area (Å²) in [6.07, 6.45) is 5.33. The van der Waals surface area contributed by atoms with Crippen LogP contribution in [0.4, 0.5) is 0 Å². The van der Waals surface area contributed by atoms with E-state index in [9.17, 15) is 4.79 Å². The van der Waals surface area contributed by atoms with Gasteiger partial charge in [0.25, 0.3) is 0 Å². The molecule has 0 aromatic heterocycles. The Hall–Kier alpha value is -1.75. The molecule has 2 nitrogen and oxygen atoms in total. The van der Waals surface area contributed by atoms with Gasteiger partial charge in [0.1, 0.15) is 0 Å². The quantitative estimate of drug-likeness (QED) is 0.523. The molecule has 0 amide bonds. The van der Waals surface area contributed by atoms with Crippen LogP contribution in [0.15, 0.2) is 24.3 Å². The Bertz CT molecular complexity index is 374. The highest BCUT2D eigenvalue weighted by Crippen LogP contribution is 2.20. The topological polar surface area (TPSA) is 26.3 Å². The highest BCUT2D eigenvalue weighted by atomic mass is 16.5. The van der Waals surface area contributed by atoms with E-state index >= 15 is 0 Å². The van der Waals surface area contributed by atoms with Crippen molar-refractivity contribution in [3.8, 4) is 12.3 Å². The van der Waals surface area contributed by atoms with E-state index in [0.29, 0.717) is 0 Å². The summed E-state index contributed by atoms with van der Waals surface area (Å²) in [6.45, 7) is 1.78. The van der Waals surface area contributed by atoms with E-state index in [4.69, 9.17) is 6.42 Å². The van der Waals surface area contributed by atoms with Crippen molar-refractivity contribution in [1.29, 1.82) is 0 Å². The average molecular weight is 188 g/mol. The Morgan fingerprint density at radius 1 is 1.50 bits per heavy atom. The average Bonchev–Trinajstić information content (AvgIpc) is 2.26. The van der Waals surface area contributed by atoms with Gasteiger partial charge in [0.15, 0.2) is 0 Å². The number of carbonyl (C=O) groups excluding carboxylic acids is 1. The second kappa shape index (κ2) is 4.48. The summed E-state index contributed by atoms with van der Waals surface area (Å²) < 4.78 is 4.66. The number of ether oxygens (including phenoxy) is 1. The molecule has 1 unspecified atom stereocenters. The van der Waals surface area contributed by atoms with Crippen LogP contribution < -0.4 is 0 Å². The lowest BCUT2D eigenvalue weighted by Gasteiger charge is -2.10. The Morgan fingerprint density at radius 2 is 2.14 bits per heavy atom. The molecule has 14 heavy (non-hydrogen) atoms. The number of hydrogen-bond acceptors (Lipinski definition) is 2. The summed E-state index contributed by atoms with van der Waals surface area (Å²) in [5, 5.41) is 0. The zero-order chi connectivity index (χ0) is 10.6. The number of carbonyl (C=O) groups is 1. The predicted octanol–water partition coefficient (Wildman–Crippen LogP) is 1.94. The van der Waals surface area contributed by atoms with Crippen molar-refractivity contribution in [3.05, 3.63) is 35.4 Å². The molecule has 1 atom stereocenters. The van der Waals surface area contributed by atoms with E-state index in [0.717, 1.165) is 11.1 Å². The minimum absolute atomic E-state index is 0.271. The lowest BCUT2D eigenvalue weighted by atomic mass is 9.96. The molecule has 0 aliphatic rings. The maximum atomic E-state index is 11.3. The third kappa shape index (κ3) is 1.94. The van der Waals surface area contributed by atoms with Gasteiger partial charge in [-0.05, 0) is 18.6 Å².